The van der Waals surface area contributed by atoms with Crippen LogP contribution >= 0.6 is 0 Å². The van der Waals surface area contributed by atoms with Crippen molar-refractivity contribution in [3.05, 3.63) is 30.6 Å². The van der Waals surface area contributed by atoms with E-state index in [-0.39, 0.29) is 0 Å². The van der Waals surface area contributed by atoms with Crippen molar-refractivity contribution in [2.75, 3.05) is 0 Å². The monoisotopic (exact) mass is 489 g/mol. The maximum absolute atomic E-state index is 13.0. The molecule has 176 valence electrons. The summed E-state index contributed by atoms with van der Waals surface area (Å²) in [7, 11) is -7.36. The zero-order chi connectivity index (χ0) is 24.2. The fraction of sp³-hybridized carbons (Fsp3) is 0.615. The van der Waals surface area contributed by atoms with Gasteiger partial charge in [-0.15, -0.1) is 0 Å². The van der Waals surface area contributed by atoms with Crippen LogP contribution in [0, 0.1) is 0 Å². The Labute approximate surface area is 160 Å². The molecule has 0 saturated carbocycles. The highest BCUT2D eigenvalue weighted by molar-refractivity contribution is 7.87. The van der Waals surface area contributed by atoms with E-state index < -0.39 is 58.3 Å². The first-order valence-corrected chi connectivity index (χ1v) is 8.61. The summed E-state index contributed by atoms with van der Waals surface area (Å²) in [6.07, 6.45) is -11.5. The predicted octanol–water partition coefficient (Wildman–Crippen LogP) is 5.14. The quantitative estimate of drug-likeness (QED) is 0.426. The van der Waals surface area contributed by atoms with Crippen LogP contribution in [0.2, 0.25) is 0 Å². The topological polar surface area (TPSA) is 67.3 Å². The molecule has 1 heterocycles. The first-order chi connectivity index (χ1) is 13.1. The lowest BCUT2D eigenvalue weighted by Crippen LogP contribution is -2.66. The van der Waals surface area contributed by atoms with Gasteiger partial charge in [0.25, 0.3) is 0 Å². The first-order valence-electron chi connectivity index (χ1n) is 7.17. The summed E-state index contributed by atoms with van der Waals surface area (Å²) >= 11 is 0. The highest BCUT2D eigenvalue weighted by Crippen LogP contribution is 2.55. The number of pyridine rings is 1. The molecular formula is C13H11F12NO3S. The fourth-order valence-corrected chi connectivity index (χ4v) is 1.99. The first kappa shape index (κ1) is 28.2. The Balaban J connectivity index is 0.00000118. The van der Waals surface area contributed by atoms with Crippen molar-refractivity contribution in [2.24, 2.45) is 0 Å². The Morgan fingerprint density at radius 3 is 1.50 bits per heavy atom. The summed E-state index contributed by atoms with van der Waals surface area (Å²) in [5, 5.41) is -7.18. The molecule has 0 bridgehead atoms. The van der Waals surface area contributed by atoms with Gasteiger partial charge >= 0.3 is 39.3 Å². The lowest BCUT2D eigenvalue weighted by molar-refractivity contribution is -0.360. The molecule has 30 heavy (non-hydrogen) atoms. The van der Waals surface area contributed by atoms with Gasteiger partial charge in [0.2, 0.25) is 0 Å². The second-order valence-corrected chi connectivity index (χ2v) is 6.87. The van der Waals surface area contributed by atoms with Gasteiger partial charge in [-0.1, -0.05) is 6.07 Å². The molecule has 0 fully saturated rings. The second-order valence-electron chi connectivity index (χ2n) is 5.41. The number of aromatic nitrogens is 1. The van der Waals surface area contributed by atoms with Crippen LogP contribution in [0.5, 0.6) is 0 Å². The lowest BCUT2D eigenvalue weighted by Gasteiger charge is -2.36. The Bertz CT molecular complexity index is 741. The molecule has 0 amide bonds. The molecule has 0 radical (unpaired) electrons. The highest BCUT2D eigenvalue weighted by atomic mass is 32.2. The number of rotatable bonds is 7. The molecule has 17 heteroatoms. The predicted molar refractivity (Wildman–Crippen MR) is 75.8 cm³/mol. The largest absolute Gasteiger partial charge is 0.438 e. The van der Waals surface area contributed by atoms with E-state index in [2.05, 4.69) is 4.98 Å². The second kappa shape index (κ2) is 9.15. The van der Waals surface area contributed by atoms with Crippen LogP contribution in [-0.2, 0) is 10.1 Å². The maximum Gasteiger partial charge on any atom is 0.438 e. The fourth-order valence-electron chi connectivity index (χ4n) is 1.54. The van der Waals surface area contributed by atoms with E-state index in [1.807, 2.05) is 18.2 Å². The Morgan fingerprint density at radius 1 is 0.800 bits per heavy atom. The third-order valence-corrected chi connectivity index (χ3v) is 4.05. The third-order valence-electron chi connectivity index (χ3n) is 3.14. The minimum absolute atomic E-state index is 1.75. The normalized spacial score (nSPS) is 15.2. The summed E-state index contributed by atoms with van der Waals surface area (Å²) in [5.74, 6) is -21.8. The van der Waals surface area contributed by atoms with Crippen molar-refractivity contribution < 1.29 is 65.7 Å². The van der Waals surface area contributed by atoms with E-state index in [1.54, 1.807) is 12.4 Å². The van der Waals surface area contributed by atoms with E-state index in [0.717, 1.165) is 0 Å². The smallest absolute Gasteiger partial charge is 0.281 e. The lowest BCUT2D eigenvalue weighted by atomic mass is 9.97. The van der Waals surface area contributed by atoms with Gasteiger partial charge in [0, 0.05) is 18.8 Å². The van der Waals surface area contributed by atoms with E-state index in [1.165, 1.54) is 0 Å². The van der Waals surface area contributed by atoms with Crippen molar-refractivity contribution in [1.29, 1.82) is 0 Å². The molecule has 0 spiro atoms. The summed E-state index contributed by atoms with van der Waals surface area (Å²) in [4.78, 5) is 3.78. The van der Waals surface area contributed by atoms with E-state index >= 15 is 0 Å². The average Bonchev–Trinajstić information content (AvgIpc) is 2.59. The highest BCUT2D eigenvalue weighted by Gasteiger charge is 2.85. The van der Waals surface area contributed by atoms with E-state index in [9.17, 15) is 61.1 Å². The van der Waals surface area contributed by atoms with Crippen molar-refractivity contribution in [1.82, 2.24) is 4.98 Å². The zero-order valence-corrected chi connectivity index (χ0v) is 14.8. The van der Waals surface area contributed by atoms with Gasteiger partial charge in [-0.05, 0) is 18.6 Å². The summed E-state index contributed by atoms with van der Waals surface area (Å²) < 4.78 is 179. The molecule has 0 aromatic carbocycles. The molecule has 0 aliphatic carbocycles. The van der Waals surface area contributed by atoms with Crippen molar-refractivity contribution >= 4 is 10.1 Å². The van der Waals surface area contributed by atoms with Crippen molar-refractivity contribution in [3.8, 4) is 0 Å². The maximum atomic E-state index is 13.0. The molecule has 1 aromatic heterocycles. The molecular weight excluding hydrogens is 478 g/mol. The van der Waals surface area contributed by atoms with Gasteiger partial charge in [0.1, 0.15) is 0 Å². The van der Waals surface area contributed by atoms with Crippen LogP contribution in [0.4, 0.5) is 52.7 Å². The van der Waals surface area contributed by atoms with Gasteiger partial charge in [0.05, 0.1) is 0 Å². The van der Waals surface area contributed by atoms with Gasteiger partial charge in [-0.25, -0.2) is 4.39 Å². The summed E-state index contributed by atoms with van der Waals surface area (Å²) in [6, 6.07) is 5.72. The molecule has 1 unspecified atom stereocenters. The zero-order valence-electron chi connectivity index (χ0n) is 14.0. The molecule has 0 saturated heterocycles. The molecule has 1 rings (SSSR count). The number of nitrogens with zero attached hydrogens (tertiary/aromatic N) is 1. The van der Waals surface area contributed by atoms with Crippen LogP contribution in [0.1, 0.15) is 12.8 Å². The Kier molecular flexibility index (Phi) is 8.61. The average molecular weight is 489 g/mol. The molecule has 0 aliphatic heterocycles. The standard InChI is InChI=1S/C8H6F12O3S.C5H5N/c9-3(1-2-4(10,11)12)5(13,14)6(15,16)7(17,18)8(19,20)24(21,22)23;1-2-4-6-5-3-1/h3H,1-2H2,(H,21,22,23);1-5H. The minimum Gasteiger partial charge on any atom is -0.281 e. The summed E-state index contributed by atoms with van der Waals surface area (Å²) in [5.41, 5.74) is 0. The molecule has 1 atom stereocenters. The van der Waals surface area contributed by atoms with Crippen LogP contribution in [0.25, 0.3) is 0 Å². The number of alkyl halides is 12. The summed E-state index contributed by atoms with van der Waals surface area (Å²) in [6.45, 7) is 0. The molecule has 1 aromatic rings. The van der Waals surface area contributed by atoms with Crippen LogP contribution < -0.4 is 0 Å². The number of halogens is 12. The van der Waals surface area contributed by atoms with Crippen molar-refractivity contribution in [3.63, 3.8) is 0 Å². The van der Waals surface area contributed by atoms with Gasteiger partial charge in [-0.2, -0.15) is 56.7 Å². The number of hydrogen-bond donors (Lipinski definition) is 1. The Morgan fingerprint density at radius 2 is 1.23 bits per heavy atom. The molecule has 4 nitrogen and oxygen atoms in total. The molecule has 1 N–H and O–H groups in total. The van der Waals surface area contributed by atoms with E-state index in [4.69, 9.17) is 4.55 Å². The van der Waals surface area contributed by atoms with Gasteiger partial charge in [0.15, 0.2) is 6.17 Å². The van der Waals surface area contributed by atoms with Gasteiger partial charge < -0.3 is 0 Å². The third kappa shape index (κ3) is 6.12. The van der Waals surface area contributed by atoms with Crippen molar-refractivity contribution in [2.45, 2.75) is 48.2 Å². The van der Waals surface area contributed by atoms with Gasteiger partial charge in [-0.3, -0.25) is 9.54 Å². The minimum atomic E-state index is -7.56. The van der Waals surface area contributed by atoms with Crippen LogP contribution in [0.15, 0.2) is 30.6 Å². The Hall–Kier alpha value is -1.78. The van der Waals surface area contributed by atoms with Crippen LogP contribution in [0.3, 0.4) is 0 Å². The number of hydrogen-bond acceptors (Lipinski definition) is 3. The SMILES string of the molecule is O=S(=O)(O)C(F)(F)C(F)(F)C(F)(F)C(F)(F)C(F)CCC(F)(F)F.c1ccncc1. The van der Waals surface area contributed by atoms with Crippen LogP contribution in [-0.4, -0.2) is 53.3 Å². The van der Waals surface area contributed by atoms with E-state index in [0.29, 0.717) is 0 Å². The molecule has 0 aliphatic rings.